The molecule has 0 unspecified atom stereocenters. The van der Waals surface area contributed by atoms with Gasteiger partial charge in [-0.1, -0.05) is 18.2 Å². The molecule has 2 aromatic rings. The number of benzene rings is 1. The molecule has 0 radical (unpaired) electrons. The lowest BCUT2D eigenvalue weighted by molar-refractivity contribution is -0.149. The average Bonchev–Trinajstić information content (AvgIpc) is 2.68. The number of likely N-dealkylation sites (tertiary alicyclic amines) is 1. The van der Waals surface area contributed by atoms with E-state index in [1.165, 1.54) is 0 Å². The minimum absolute atomic E-state index is 0.0238. The smallest absolute Gasteiger partial charge is 0.255 e. The van der Waals surface area contributed by atoms with Crippen LogP contribution in [0, 0.1) is 6.92 Å². The number of aryl methyl sites for hydroxylation is 1. The summed E-state index contributed by atoms with van der Waals surface area (Å²) in [5, 5.41) is 0. The normalized spacial score (nSPS) is 25.3. The molecule has 6 heteroatoms. The minimum Gasteiger partial charge on any atom is -0.361 e. The second kappa shape index (κ2) is 6.78. The average molecular weight is 365 g/mol. The molecule has 1 aromatic heterocycles. The predicted molar refractivity (Wildman–Crippen MR) is 102 cm³/mol. The lowest BCUT2D eigenvalue weighted by Gasteiger charge is -2.52. The Bertz CT molecular complexity index is 853. The van der Waals surface area contributed by atoms with Crippen LogP contribution < -0.4 is 4.90 Å². The van der Waals surface area contributed by atoms with Crippen molar-refractivity contribution in [3.05, 3.63) is 59.9 Å². The number of hydrogen-bond acceptors (Lipinski definition) is 4. The van der Waals surface area contributed by atoms with Crippen molar-refractivity contribution in [2.45, 2.75) is 31.9 Å². The molecule has 6 nitrogen and oxygen atoms in total. The monoisotopic (exact) mass is 365 g/mol. The van der Waals surface area contributed by atoms with E-state index in [-0.39, 0.29) is 24.5 Å². The van der Waals surface area contributed by atoms with Crippen molar-refractivity contribution in [2.24, 2.45) is 0 Å². The Labute approximate surface area is 158 Å². The van der Waals surface area contributed by atoms with Crippen LogP contribution in [0.1, 0.15) is 29.4 Å². The number of nitrogens with zero attached hydrogens (tertiary/aromatic N) is 3. The first-order valence-corrected chi connectivity index (χ1v) is 9.21. The summed E-state index contributed by atoms with van der Waals surface area (Å²) in [5.74, 6) is -0.0832. The van der Waals surface area contributed by atoms with Gasteiger partial charge in [0.2, 0.25) is 0 Å². The van der Waals surface area contributed by atoms with E-state index in [2.05, 4.69) is 4.98 Å². The number of pyridine rings is 1. The van der Waals surface area contributed by atoms with Crippen LogP contribution in [0.5, 0.6) is 0 Å². The summed E-state index contributed by atoms with van der Waals surface area (Å²) in [6.45, 7) is 4.93. The van der Waals surface area contributed by atoms with Gasteiger partial charge in [0.25, 0.3) is 11.8 Å². The molecule has 27 heavy (non-hydrogen) atoms. The van der Waals surface area contributed by atoms with E-state index in [0.717, 1.165) is 11.4 Å². The first kappa shape index (κ1) is 17.7. The summed E-state index contributed by atoms with van der Waals surface area (Å²) < 4.78 is 5.97. The van der Waals surface area contributed by atoms with Gasteiger partial charge in [0.05, 0.1) is 18.2 Å². The maximum atomic E-state index is 12.9. The molecular formula is C21H23N3O3. The molecule has 0 N–H and O–H groups in total. The number of amides is 2. The molecule has 2 aliphatic heterocycles. The van der Waals surface area contributed by atoms with Crippen LogP contribution in [-0.2, 0) is 9.53 Å². The topological polar surface area (TPSA) is 62.7 Å². The van der Waals surface area contributed by atoms with Crippen molar-refractivity contribution in [3.63, 3.8) is 0 Å². The molecule has 0 aliphatic carbocycles. The van der Waals surface area contributed by atoms with Crippen molar-refractivity contribution in [1.29, 1.82) is 0 Å². The maximum absolute atomic E-state index is 12.9. The molecule has 0 spiro atoms. The van der Waals surface area contributed by atoms with Crippen LogP contribution in [0.4, 0.5) is 5.69 Å². The Balaban J connectivity index is 1.58. The van der Waals surface area contributed by atoms with Crippen LogP contribution in [0.25, 0.3) is 0 Å². The van der Waals surface area contributed by atoms with Crippen LogP contribution in [0.3, 0.4) is 0 Å². The Morgan fingerprint density at radius 1 is 1.22 bits per heavy atom. The van der Waals surface area contributed by atoms with Gasteiger partial charge >= 0.3 is 0 Å². The van der Waals surface area contributed by atoms with Crippen LogP contribution in [-0.4, -0.2) is 53.0 Å². The fraction of sp³-hybridized carbons (Fsp3) is 0.381. The third-order valence-electron chi connectivity index (χ3n) is 5.47. The predicted octanol–water partition coefficient (Wildman–Crippen LogP) is 2.43. The standard InChI is InChI=1S/C21H23N3O3/c1-15-8-9-16(12-22-15)20(26)23-11-10-18-21(2,14-23)27-13-19(25)24(18)17-6-4-3-5-7-17/h3-9,12,18H,10-11,13-14H2,1-2H3/t18-,21-/m1/s1. The second-order valence-corrected chi connectivity index (χ2v) is 7.42. The third-order valence-corrected chi connectivity index (χ3v) is 5.47. The van der Waals surface area contributed by atoms with Gasteiger partial charge in [-0.25, -0.2) is 0 Å². The van der Waals surface area contributed by atoms with Crippen molar-refractivity contribution in [3.8, 4) is 0 Å². The lowest BCUT2D eigenvalue weighted by atomic mass is 9.85. The van der Waals surface area contributed by atoms with Gasteiger partial charge in [-0.2, -0.15) is 0 Å². The summed E-state index contributed by atoms with van der Waals surface area (Å²) in [5.41, 5.74) is 1.74. The van der Waals surface area contributed by atoms with Crippen molar-refractivity contribution in [2.75, 3.05) is 24.6 Å². The number of hydrogen-bond donors (Lipinski definition) is 0. The fourth-order valence-electron chi connectivity index (χ4n) is 4.02. The highest BCUT2D eigenvalue weighted by atomic mass is 16.5. The molecule has 2 saturated heterocycles. The number of piperidine rings is 1. The summed E-state index contributed by atoms with van der Waals surface area (Å²) in [6.07, 6.45) is 2.29. The lowest BCUT2D eigenvalue weighted by Crippen LogP contribution is -2.68. The number of aromatic nitrogens is 1. The minimum atomic E-state index is -0.601. The molecule has 3 heterocycles. The number of fused-ring (bicyclic) bond motifs is 1. The zero-order chi connectivity index (χ0) is 19.0. The summed E-state index contributed by atoms with van der Waals surface area (Å²) in [6, 6.07) is 13.2. The number of anilines is 1. The molecule has 0 saturated carbocycles. The summed E-state index contributed by atoms with van der Waals surface area (Å²) >= 11 is 0. The second-order valence-electron chi connectivity index (χ2n) is 7.42. The van der Waals surface area contributed by atoms with Gasteiger partial charge in [0.1, 0.15) is 12.2 Å². The van der Waals surface area contributed by atoms with E-state index in [1.54, 1.807) is 12.3 Å². The van der Waals surface area contributed by atoms with Gasteiger partial charge < -0.3 is 14.5 Å². The van der Waals surface area contributed by atoms with Gasteiger partial charge in [0, 0.05) is 24.1 Å². The summed E-state index contributed by atoms with van der Waals surface area (Å²) in [4.78, 5) is 33.3. The largest absolute Gasteiger partial charge is 0.361 e. The molecule has 2 amide bonds. The van der Waals surface area contributed by atoms with E-state index in [9.17, 15) is 9.59 Å². The molecule has 2 aliphatic rings. The third kappa shape index (κ3) is 3.21. The number of carbonyl (C=O) groups excluding carboxylic acids is 2. The Morgan fingerprint density at radius 3 is 2.70 bits per heavy atom. The number of carbonyl (C=O) groups is 2. The first-order chi connectivity index (χ1) is 13.0. The van der Waals surface area contributed by atoms with Gasteiger partial charge in [-0.05, 0) is 44.5 Å². The highest BCUT2D eigenvalue weighted by molar-refractivity contribution is 5.96. The van der Waals surface area contributed by atoms with E-state index >= 15 is 0 Å². The van der Waals surface area contributed by atoms with Crippen LogP contribution >= 0.6 is 0 Å². The quantitative estimate of drug-likeness (QED) is 0.820. The zero-order valence-corrected chi connectivity index (χ0v) is 15.6. The van der Waals surface area contributed by atoms with Crippen LogP contribution in [0.2, 0.25) is 0 Å². The highest BCUT2D eigenvalue weighted by Gasteiger charge is 2.50. The summed E-state index contributed by atoms with van der Waals surface area (Å²) in [7, 11) is 0. The fourth-order valence-corrected chi connectivity index (χ4v) is 4.02. The van der Waals surface area contributed by atoms with Gasteiger partial charge in [0.15, 0.2) is 0 Å². The van der Waals surface area contributed by atoms with E-state index in [1.807, 2.05) is 60.0 Å². The van der Waals surface area contributed by atoms with Crippen molar-refractivity contribution in [1.82, 2.24) is 9.88 Å². The number of ether oxygens (including phenoxy) is 1. The molecule has 2 fully saturated rings. The van der Waals surface area contributed by atoms with E-state index in [4.69, 9.17) is 4.74 Å². The molecular weight excluding hydrogens is 342 g/mol. The van der Waals surface area contributed by atoms with Gasteiger partial charge in [-0.3, -0.25) is 14.6 Å². The SMILES string of the molecule is Cc1ccc(C(=O)N2CC[C@H]3N(c4ccccc4)C(=O)CO[C@]3(C)C2)cn1. The van der Waals surface area contributed by atoms with Crippen molar-refractivity contribution >= 4 is 17.5 Å². The molecule has 2 atom stereocenters. The maximum Gasteiger partial charge on any atom is 0.255 e. The Kier molecular flexibility index (Phi) is 4.44. The molecule has 4 rings (SSSR count). The van der Waals surface area contributed by atoms with E-state index < -0.39 is 5.60 Å². The number of rotatable bonds is 2. The van der Waals surface area contributed by atoms with Crippen molar-refractivity contribution < 1.29 is 14.3 Å². The molecule has 1 aromatic carbocycles. The van der Waals surface area contributed by atoms with Gasteiger partial charge in [-0.15, -0.1) is 0 Å². The highest BCUT2D eigenvalue weighted by Crippen LogP contribution is 2.36. The number of morpholine rings is 1. The Hall–Kier alpha value is -2.73. The zero-order valence-electron chi connectivity index (χ0n) is 15.6. The number of para-hydroxylation sites is 1. The first-order valence-electron chi connectivity index (χ1n) is 9.21. The molecule has 140 valence electrons. The van der Waals surface area contributed by atoms with E-state index in [0.29, 0.717) is 25.1 Å². The van der Waals surface area contributed by atoms with Crippen LogP contribution in [0.15, 0.2) is 48.7 Å². The Morgan fingerprint density at radius 2 is 2.00 bits per heavy atom. The molecule has 0 bridgehead atoms.